The normalized spacial score (nSPS) is 12.0. The highest BCUT2D eigenvalue weighted by Gasteiger charge is 2.20. The third-order valence-corrected chi connectivity index (χ3v) is 4.48. The van der Waals surface area contributed by atoms with E-state index in [1.807, 2.05) is 6.92 Å². The number of fused-ring (bicyclic) bond motifs is 1. The fourth-order valence-corrected chi connectivity index (χ4v) is 3.00. The summed E-state index contributed by atoms with van der Waals surface area (Å²) in [5, 5.41) is 17.4. The van der Waals surface area contributed by atoms with Gasteiger partial charge in [0.15, 0.2) is 5.52 Å². The first-order valence-corrected chi connectivity index (χ1v) is 8.38. The van der Waals surface area contributed by atoms with Crippen molar-refractivity contribution in [1.29, 1.82) is 0 Å². The van der Waals surface area contributed by atoms with Gasteiger partial charge < -0.3 is 5.11 Å². The summed E-state index contributed by atoms with van der Waals surface area (Å²) >= 11 is 0. The standard InChI is InChI=1S/C18H15FN6O3.H2S/c1-9-14-15(25(23-9)10(2)11-3-5-13(19)6-4-11)16(26)22-18(21-14)24-8-12(7-20-24)17(27)28;/h3-8,10H,1-2H3,(H,27,28)(H,21,22,26);1H2/t10-;/m0./s1. The molecule has 0 aliphatic carbocycles. The number of nitrogens with zero attached hydrogens (tertiary/aromatic N) is 5. The summed E-state index contributed by atoms with van der Waals surface area (Å²) in [6.07, 6.45) is 2.42. The number of aromatic amines is 1. The zero-order chi connectivity index (χ0) is 20.0. The number of carboxylic acids is 1. The topological polar surface area (TPSA) is 119 Å². The van der Waals surface area contributed by atoms with Gasteiger partial charge in [-0.1, -0.05) is 12.1 Å². The van der Waals surface area contributed by atoms with Crippen molar-refractivity contribution < 1.29 is 14.3 Å². The molecule has 0 fully saturated rings. The highest BCUT2D eigenvalue weighted by atomic mass is 32.1. The lowest BCUT2D eigenvalue weighted by Gasteiger charge is -2.13. The number of nitrogens with one attached hydrogen (secondary N) is 1. The van der Waals surface area contributed by atoms with Gasteiger partial charge in [-0.15, -0.1) is 0 Å². The number of aryl methyl sites for hydroxylation is 1. The van der Waals surface area contributed by atoms with Crippen molar-refractivity contribution in [2.24, 2.45) is 0 Å². The number of benzene rings is 1. The van der Waals surface area contributed by atoms with E-state index in [1.54, 1.807) is 23.7 Å². The van der Waals surface area contributed by atoms with E-state index in [0.29, 0.717) is 11.2 Å². The molecule has 0 aliphatic rings. The van der Waals surface area contributed by atoms with Crippen LogP contribution in [-0.4, -0.2) is 40.6 Å². The molecule has 0 saturated carbocycles. The maximum absolute atomic E-state index is 13.2. The van der Waals surface area contributed by atoms with Crippen molar-refractivity contribution in [3.05, 3.63) is 69.7 Å². The number of halogens is 1. The second-order valence-electron chi connectivity index (χ2n) is 6.32. The average molecular weight is 416 g/mol. The van der Waals surface area contributed by atoms with Gasteiger partial charge in [-0.2, -0.15) is 23.7 Å². The Morgan fingerprint density at radius 3 is 2.59 bits per heavy atom. The SMILES string of the molecule is Cc1nn([C@@H](C)c2ccc(F)cc2)c2c(=O)[nH]c(-n3cc(C(=O)O)cn3)nc12.S. The Hall–Kier alpha value is -3.47. The minimum absolute atomic E-state index is 0. The highest BCUT2D eigenvalue weighted by Crippen LogP contribution is 2.23. The van der Waals surface area contributed by atoms with Gasteiger partial charge >= 0.3 is 5.97 Å². The Labute approximate surface area is 170 Å². The minimum Gasteiger partial charge on any atom is -0.478 e. The second kappa shape index (κ2) is 7.51. The molecule has 150 valence electrons. The summed E-state index contributed by atoms with van der Waals surface area (Å²) in [6, 6.07) is 5.64. The Kier molecular flexibility index (Phi) is 5.25. The highest BCUT2D eigenvalue weighted by molar-refractivity contribution is 7.59. The second-order valence-corrected chi connectivity index (χ2v) is 6.32. The van der Waals surface area contributed by atoms with E-state index >= 15 is 0 Å². The number of hydrogen-bond donors (Lipinski definition) is 2. The first kappa shape index (κ1) is 20.3. The molecule has 3 aromatic heterocycles. The Bertz CT molecular complexity index is 1260. The third-order valence-electron chi connectivity index (χ3n) is 4.48. The van der Waals surface area contributed by atoms with Crippen molar-refractivity contribution in [3.8, 4) is 5.95 Å². The van der Waals surface area contributed by atoms with Crippen LogP contribution in [0, 0.1) is 12.7 Å². The Morgan fingerprint density at radius 1 is 1.28 bits per heavy atom. The lowest BCUT2D eigenvalue weighted by atomic mass is 10.1. The van der Waals surface area contributed by atoms with Gasteiger partial charge in [-0.25, -0.2) is 18.9 Å². The summed E-state index contributed by atoms with van der Waals surface area (Å²) in [5.74, 6) is -1.39. The van der Waals surface area contributed by atoms with Crippen LogP contribution < -0.4 is 5.56 Å². The van der Waals surface area contributed by atoms with Crippen molar-refractivity contribution in [3.63, 3.8) is 0 Å². The van der Waals surface area contributed by atoms with Gasteiger partial charge in [0.25, 0.3) is 5.56 Å². The number of carboxylic acid groups (broad SMARTS) is 1. The van der Waals surface area contributed by atoms with Crippen LogP contribution in [-0.2, 0) is 0 Å². The van der Waals surface area contributed by atoms with Crippen LogP contribution in [0.15, 0.2) is 41.5 Å². The number of H-pyrrole nitrogens is 1. The van der Waals surface area contributed by atoms with Crippen LogP contribution in [0.4, 0.5) is 4.39 Å². The van der Waals surface area contributed by atoms with E-state index in [1.165, 1.54) is 29.2 Å². The number of aromatic nitrogens is 6. The zero-order valence-electron chi connectivity index (χ0n) is 15.4. The molecule has 0 unspecified atom stereocenters. The Balaban J connectivity index is 0.00000240. The lowest BCUT2D eigenvalue weighted by Crippen LogP contribution is -2.18. The molecular weight excluding hydrogens is 399 g/mol. The van der Waals surface area contributed by atoms with Crippen molar-refractivity contribution in [2.45, 2.75) is 19.9 Å². The molecule has 1 aromatic carbocycles. The van der Waals surface area contributed by atoms with E-state index in [9.17, 15) is 14.0 Å². The van der Waals surface area contributed by atoms with E-state index in [4.69, 9.17) is 5.11 Å². The number of rotatable bonds is 4. The molecule has 4 aromatic rings. The van der Waals surface area contributed by atoms with Crippen LogP contribution in [0.25, 0.3) is 17.0 Å². The smallest absolute Gasteiger partial charge is 0.338 e. The molecule has 9 nitrogen and oxygen atoms in total. The van der Waals surface area contributed by atoms with Crippen LogP contribution in [0.3, 0.4) is 0 Å². The van der Waals surface area contributed by atoms with Gasteiger partial charge in [0, 0.05) is 6.20 Å². The quantitative estimate of drug-likeness (QED) is 0.526. The van der Waals surface area contributed by atoms with Crippen LogP contribution >= 0.6 is 13.5 Å². The molecule has 1 atom stereocenters. The largest absolute Gasteiger partial charge is 0.478 e. The molecular formula is C18H17FN6O3S. The van der Waals surface area contributed by atoms with E-state index < -0.39 is 11.5 Å². The zero-order valence-corrected chi connectivity index (χ0v) is 16.4. The van der Waals surface area contributed by atoms with Crippen molar-refractivity contribution in [2.75, 3.05) is 0 Å². The van der Waals surface area contributed by atoms with Gasteiger partial charge in [0.1, 0.15) is 11.3 Å². The number of hydrogen-bond acceptors (Lipinski definition) is 5. The maximum Gasteiger partial charge on any atom is 0.338 e. The number of carbonyl (C=O) groups is 1. The van der Waals surface area contributed by atoms with Gasteiger partial charge in [0.05, 0.1) is 23.5 Å². The molecule has 0 radical (unpaired) electrons. The summed E-state index contributed by atoms with van der Waals surface area (Å²) < 4.78 is 15.9. The molecule has 11 heteroatoms. The summed E-state index contributed by atoms with van der Waals surface area (Å²) in [7, 11) is 0. The molecule has 2 N–H and O–H groups in total. The predicted molar refractivity (Wildman–Crippen MR) is 108 cm³/mol. The molecule has 4 rings (SSSR count). The molecule has 0 aliphatic heterocycles. The minimum atomic E-state index is -1.13. The monoisotopic (exact) mass is 416 g/mol. The molecule has 0 bridgehead atoms. The van der Waals surface area contributed by atoms with Gasteiger partial charge in [-0.3, -0.25) is 14.5 Å². The Morgan fingerprint density at radius 2 is 1.97 bits per heavy atom. The molecule has 0 saturated heterocycles. The van der Waals surface area contributed by atoms with Crippen LogP contribution in [0.1, 0.15) is 34.6 Å². The van der Waals surface area contributed by atoms with E-state index in [0.717, 1.165) is 5.56 Å². The van der Waals surface area contributed by atoms with Gasteiger partial charge in [-0.05, 0) is 31.5 Å². The molecule has 3 heterocycles. The maximum atomic E-state index is 13.2. The predicted octanol–water partition coefficient (Wildman–Crippen LogP) is 2.17. The fourth-order valence-electron chi connectivity index (χ4n) is 3.00. The molecule has 0 amide bonds. The van der Waals surface area contributed by atoms with Gasteiger partial charge in [0.2, 0.25) is 5.95 Å². The molecule has 29 heavy (non-hydrogen) atoms. The van der Waals surface area contributed by atoms with E-state index in [-0.39, 0.29) is 42.4 Å². The summed E-state index contributed by atoms with van der Waals surface area (Å²) in [6.45, 7) is 3.57. The lowest BCUT2D eigenvalue weighted by molar-refractivity contribution is 0.0697. The average Bonchev–Trinajstić information content (AvgIpc) is 3.28. The molecule has 0 spiro atoms. The first-order chi connectivity index (χ1) is 13.3. The van der Waals surface area contributed by atoms with Crippen LogP contribution in [0.2, 0.25) is 0 Å². The van der Waals surface area contributed by atoms with Crippen molar-refractivity contribution >= 4 is 30.5 Å². The summed E-state index contributed by atoms with van der Waals surface area (Å²) in [5.41, 5.74) is 1.49. The van der Waals surface area contributed by atoms with E-state index in [2.05, 4.69) is 20.2 Å². The fraction of sp³-hybridized carbons (Fsp3) is 0.167. The third kappa shape index (κ3) is 3.51. The first-order valence-electron chi connectivity index (χ1n) is 8.38. The van der Waals surface area contributed by atoms with Crippen LogP contribution in [0.5, 0.6) is 0 Å². The number of aromatic carboxylic acids is 1. The summed E-state index contributed by atoms with van der Waals surface area (Å²) in [4.78, 5) is 30.8. The van der Waals surface area contributed by atoms with Crippen molar-refractivity contribution in [1.82, 2.24) is 29.5 Å².